The van der Waals surface area contributed by atoms with Crippen molar-refractivity contribution in [2.24, 2.45) is 0 Å². The molecule has 0 spiro atoms. The van der Waals surface area contributed by atoms with Crippen molar-refractivity contribution in [3.05, 3.63) is 41.3 Å². The number of ether oxygens (including phenoxy) is 1. The molecule has 3 rings (SSSR count). The van der Waals surface area contributed by atoms with Crippen LogP contribution in [0, 0.1) is 0 Å². The molecule has 20 heavy (non-hydrogen) atoms. The number of methoxy groups -OCH3 is 1. The van der Waals surface area contributed by atoms with Gasteiger partial charge in [-0.05, 0) is 29.3 Å². The maximum atomic E-state index is 5.88. The van der Waals surface area contributed by atoms with E-state index in [4.69, 9.17) is 16.3 Å². The average Bonchev–Trinajstić information content (AvgIpc) is 2.93. The zero-order valence-electron chi connectivity index (χ0n) is 10.7. The Morgan fingerprint density at radius 1 is 1.25 bits per heavy atom. The van der Waals surface area contributed by atoms with Crippen molar-refractivity contribution in [3.8, 4) is 5.75 Å². The first-order valence-electron chi connectivity index (χ1n) is 5.99. The molecule has 0 radical (unpaired) electrons. The highest BCUT2D eigenvalue weighted by Gasteiger charge is 2.08. The number of aromatic amines is 1. The van der Waals surface area contributed by atoms with Gasteiger partial charge in [0.25, 0.3) is 0 Å². The van der Waals surface area contributed by atoms with Crippen molar-refractivity contribution >= 4 is 28.5 Å². The topological polar surface area (TPSA) is 75.7 Å². The minimum Gasteiger partial charge on any atom is -0.497 e. The Bertz CT molecular complexity index is 725. The summed E-state index contributed by atoms with van der Waals surface area (Å²) in [5, 5.41) is 10.9. The van der Waals surface area contributed by atoms with Crippen LogP contribution in [0.2, 0.25) is 5.28 Å². The first kappa shape index (κ1) is 12.7. The van der Waals surface area contributed by atoms with Gasteiger partial charge in [0.15, 0.2) is 5.65 Å². The monoisotopic (exact) mass is 289 g/mol. The molecule has 2 heterocycles. The number of H-pyrrole nitrogens is 1. The van der Waals surface area contributed by atoms with Gasteiger partial charge < -0.3 is 10.1 Å². The lowest BCUT2D eigenvalue weighted by Crippen LogP contribution is -2.02. The van der Waals surface area contributed by atoms with Gasteiger partial charge in [0, 0.05) is 6.54 Å². The molecule has 0 aliphatic heterocycles. The minimum absolute atomic E-state index is 0.180. The standard InChI is InChI=1S/C13H12ClN5O/c1-20-9-4-2-8(3-5-9)6-15-11-10-7-16-19-12(10)18-13(14)17-11/h2-5,7H,6H2,1H3,(H2,15,16,17,18,19). The molecule has 0 aliphatic carbocycles. The van der Waals surface area contributed by atoms with E-state index in [1.54, 1.807) is 13.3 Å². The molecule has 0 fully saturated rings. The molecular formula is C13H12ClN5O. The Morgan fingerprint density at radius 2 is 2.05 bits per heavy atom. The number of hydrogen-bond donors (Lipinski definition) is 2. The van der Waals surface area contributed by atoms with Crippen molar-refractivity contribution in [3.63, 3.8) is 0 Å². The van der Waals surface area contributed by atoms with Crippen molar-refractivity contribution in [2.45, 2.75) is 6.54 Å². The lowest BCUT2D eigenvalue weighted by Gasteiger charge is -2.07. The van der Waals surface area contributed by atoms with Gasteiger partial charge >= 0.3 is 0 Å². The van der Waals surface area contributed by atoms with Gasteiger partial charge in [-0.25, -0.2) is 0 Å². The van der Waals surface area contributed by atoms with Gasteiger partial charge in [0.05, 0.1) is 18.7 Å². The molecular weight excluding hydrogens is 278 g/mol. The van der Waals surface area contributed by atoms with E-state index in [1.165, 1.54) is 0 Å². The number of nitrogens with one attached hydrogen (secondary N) is 2. The van der Waals surface area contributed by atoms with Crippen LogP contribution in [-0.2, 0) is 6.54 Å². The Hall–Kier alpha value is -2.34. The number of anilines is 1. The molecule has 0 atom stereocenters. The predicted octanol–water partition coefficient (Wildman–Crippen LogP) is 2.63. The lowest BCUT2D eigenvalue weighted by molar-refractivity contribution is 0.414. The normalized spacial score (nSPS) is 10.7. The molecule has 3 aromatic rings. The summed E-state index contributed by atoms with van der Waals surface area (Å²) < 4.78 is 5.12. The fourth-order valence-corrected chi connectivity index (χ4v) is 2.04. The molecule has 0 bridgehead atoms. The predicted molar refractivity (Wildman–Crippen MR) is 77.0 cm³/mol. The van der Waals surface area contributed by atoms with Crippen molar-refractivity contribution in [1.82, 2.24) is 20.2 Å². The quantitative estimate of drug-likeness (QED) is 0.722. The van der Waals surface area contributed by atoms with Crippen LogP contribution < -0.4 is 10.1 Å². The average molecular weight is 290 g/mol. The summed E-state index contributed by atoms with van der Waals surface area (Å²) in [4.78, 5) is 8.23. The molecule has 2 N–H and O–H groups in total. The summed E-state index contributed by atoms with van der Waals surface area (Å²) in [6.45, 7) is 0.623. The van der Waals surface area contributed by atoms with E-state index >= 15 is 0 Å². The molecule has 1 aromatic carbocycles. The molecule has 0 amide bonds. The van der Waals surface area contributed by atoms with Gasteiger partial charge in [0.1, 0.15) is 11.6 Å². The largest absolute Gasteiger partial charge is 0.497 e. The minimum atomic E-state index is 0.180. The van der Waals surface area contributed by atoms with Crippen LogP contribution in [-0.4, -0.2) is 27.3 Å². The van der Waals surface area contributed by atoms with Crippen molar-refractivity contribution in [1.29, 1.82) is 0 Å². The van der Waals surface area contributed by atoms with Gasteiger partial charge in [-0.15, -0.1) is 0 Å². The number of nitrogens with zero attached hydrogens (tertiary/aromatic N) is 3. The Balaban J connectivity index is 1.80. The second-order valence-corrected chi connectivity index (χ2v) is 4.51. The highest BCUT2D eigenvalue weighted by Crippen LogP contribution is 2.21. The highest BCUT2D eigenvalue weighted by atomic mass is 35.5. The van der Waals surface area contributed by atoms with Crippen LogP contribution in [0.3, 0.4) is 0 Å². The van der Waals surface area contributed by atoms with Crippen molar-refractivity contribution < 1.29 is 4.74 Å². The second kappa shape index (κ2) is 5.34. The Morgan fingerprint density at radius 3 is 2.80 bits per heavy atom. The van der Waals surface area contributed by atoms with Crippen LogP contribution in [0.25, 0.3) is 11.0 Å². The number of halogens is 1. The van der Waals surface area contributed by atoms with E-state index in [9.17, 15) is 0 Å². The van der Waals surface area contributed by atoms with Crippen LogP contribution >= 0.6 is 11.6 Å². The summed E-state index contributed by atoms with van der Waals surface area (Å²) >= 11 is 5.88. The van der Waals surface area contributed by atoms with Crippen molar-refractivity contribution in [2.75, 3.05) is 12.4 Å². The third kappa shape index (κ3) is 2.50. The molecule has 0 unspecified atom stereocenters. The van der Waals surface area contributed by atoms with E-state index < -0.39 is 0 Å². The zero-order valence-corrected chi connectivity index (χ0v) is 11.5. The summed E-state index contributed by atoms with van der Waals surface area (Å²) in [5.41, 5.74) is 1.72. The van der Waals surface area contributed by atoms with Gasteiger partial charge in [-0.3, -0.25) is 5.10 Å². The fraction of sp³-hybridized carbons (Fsp3) is 0.154. The third-order valence-corrected chi connectivity index (χ3v) is 3.07. The number of fused-ring (bicyclic) bond motifs is 1. The molecule has 0 saturated heterocycles. The first-order chi connectivity index (χ1) is 9.76. The number of benzene rings is 1. The Labute approximate surface area is 120 Å². The Kier molecular flexibility index (Phi) is 3.39. The van der Waals surface area contributed by atoms with E-state index in [2.05, 4.69) is 25.5 Å². The molecule has 0 saturated carbocycles. The highest BCUT2D eigenvalue weighted by molar-refractivity contribution is 6.28. The molecule has 0 aliphatic rings. The maximum absolute atomic E-state index is 5.88. The summed E-state index contributed by atoms with van der Waals surface area (Å²) in [5.74, 6) is 1.49. The number of hydrogen-bond acceptors (Lipinski definition) is 5. The maximum Gasteiger partial charge on any atom is 0.226 e. The van der Waals surface area contributed by atoms with Crippen LogP contribution in [0.15, 0.2) is 30.5 Å². The third-order valence-electron chi connectivity index (χ3n) is 2.90. The first-order valence-corrected chi connectivity index (χ1v) is 6.37. The summed E-state index contributed by atoms with van der Waals surface area (Å²) in [6, 6.07) is 7.80. The van der Waals surface area contributed by atoms with Gasteiger partial charge in [-0.2, -0.15) is 15.1 Å². The number of aromatic nitrogens is 4. The smallest absolute Gasteiger partial charge is 0.226 e. The molecule has 7 heteroatoms. The fourth-order valence-electron chi connectivity index (χ4n) is 1.87. The van der Waals surface area contributed by atoms with Crippen LogP contribution in [0.4, 0.5) is 5.82 Å². The second-order valence-electron chi connectivity index (χ2n) is 4.18. The van der Waals surface area contributed by atoms with E-state index in [0.717, 1.165) is 16.7 Å². The van der Waals surface area contributed by atoms with Gasteiger partial charge in [0.2, 0.25) is 5.28 Å². The van der Waals surface area contributed by atoms with E-state index in [0.29, 0.717) is 18.0 Å². The molecule has 6 nitrogen and oxygen atoms in total. The molecule has 102 valence electrons. The van der Waals surface area contributed by atoms with E-state index in [1.807, 2.05) is 24.3 Å². The summed E-state index contributed by atoms with van der Waals surface area (Å²) in [6.07, 6.45) is 1.67. The number of rotatable bonds is 4. The summed E-state index contributed by atoms with van der Waals surface area (Å²) in [7, 11) is 1.64. The SMILES string of the molecule is COc1ccc(CNc2nc(Cl)nc3[nH]ncc23)cc1. The van der Waals surface area contributed by atoms with Crippen LogP contribution in [0.5, 0.6) is 5.75 Å². The lowest BCUT2D eigenvalue weighted by atomic mass is 10.2. The molecule has 2 aromatic heterocycles. The van der Waals surface area contributed by atoms with E-state index in [-0.39, 0.29) is 5.28 Å². The zero-order chi connectivity index (χ0) is 13.9. The van der Waals surface area contributed by atoms with Crippen LogP contribution in [0.1, 0.15) is 5.56 Å². The van der Waals surface area contributed by atoms with Gasteiger partial charge in [-0.1, -0.05) is 12.1 Å².